The summed E-state index contributed by atoms with van der Waals surface area (Å²) in [7, 11) is 0. The lowest BCUT2D eigenvalue weighted by Crippen LogP contribution is -2.33. The number of alkyl halides is 4. The van der Waals surface area contributed by atoms with E-state index in [1.165, 1.54) is 12.1 Å². The summed E-state index contributed by atoms with van der Waals surface area (Å²) in [6.07, 6.45) is -8.42. The molecule has 0 unspecified atom stereocenters. The van der Waals surface area contributed by atoms with Crippen molar-refractivity contribution in [2.24, 2.45) is 0 Å². The van der Waals surface area contributed by atoms with Crippen LogP contribution in [0.5, 0.6) is 5.75 Å². The molecule has 0 saturated heterocycles. The largest absolute Gasteiger partial charge is 0.461 e. The molecule has 0 heterocycles. The Morgan fingerprint density at radius 2 is 1.67 bits per heavy atom. The van der Waals surface area contributed by atoms with Gasteiger partial charge in [-0.25, -0.2) is 0 Å². The lowest BCUT2D eigenvalue weighted by molar-refractivity contribution is -0.253. The number of nitriles is 1. The van der Waals surface area contributed by atoms with E-state index in [1.807, 2.05) is 6.07 Å². The molecule has 0 fully saturated rings. The van der Waals surface area contributed by atoms with Crippen molar-refractivity contribution in [1.29, 1.82) is 5.26 Å². The average molecular weight is 261 g/mol. The fraction of sp³-hybridized carbons (Fsp3) is 0.417. The van der Waals surface area contributed by atoms with E-state index >= 15 is 0 Å². The summed E-state index contributed by atoms with van der Waals surface area (Å²) < 4.78 is 52.9. The predicted octanol–water partition coefficient (Wildman–Crippen LogP) is 3.72. The van der Waals surface area contributed by atoms with E-state index in [-0.39, 0.29) is 5.75 Å². The molecule has 0 aliphatic heterocycles. The molecule has 0 radical (unpaired) electrons. The van der Waals surface area contributed by atoms with Crippen molar-refractivity contribution in [3.8, 4) is 11.8 Å². The summed E-state index contributed by atoms with van der Waals surface area (Å²) in [6, 6.07) is 7.07. The first-order valence-corrected chi connectivity index (χ1v) is 5.06. The van der Waals surface area contributed by atoms with Gasteiger partial charge in [-0.1, -0.05) is 12.1 Å². The van der Waals surface area contributed by atoms with Gasteiger partial charge >= 0.3 is 12.5 Å². The number of halogens is 4. The van der Waals surface area contributed by atoms with Crippen LogP contribution in [0.15, 0.2) is 24.3 Å². The summed E-state index contributed by atoms with van der Waals surface area (Å²) in [4.78, 5) is 0. The number of rotatable bonds is 4. The van der Waals surface area contributed by atoms with Crippen molar-refractivity contribution < 1.29 is 22.3 Å². The fourth-order valence-corrected chi connectivity index (χ4v) is 1.21. The van der Waals surface area contributed by atoms with Gasteiger partial charge in [0.25, 0.3) is 0 Å². The van der Waals surface area contributed by atoms with Crippen molar-refractivity contribution in [3.63, 3.8) is 0 Å². The van der Waals surface area contributed by atoms with Gasteiger partial charge in [0.05, 0.1) is 11.5 Å². The topological polar surface area (TPSA) is 33.0 Å². The second kappa shape index (κ2) is 4.84. The van der Waals surface area contributed by atoms with Gasteiger partial charge < -0.3 is 4.74 Å². The van der Waals surface area contributed by atoms with Crippen LogP contribution in [0.1, 0.15) is 19.4 Å². The molecule has 0 aliphatic carbocycles. The molecule has 6 heteroatoms. The summed E-state index contributed by atoms with van der Waals surface area (Å²) in [6.45, 7) is 3.30. The number of benzene rings is 1. The van der Waals surface area contributed by atoms with E-state index in [9.17, 15) is 17.6 Å². The summed E-state index contributed by atoms with van der Waals surface area (Å²) in [5, 5.41) is 8.88. The van der Waals surface area contributed by atoms with E-state index in [0.29, 0.717) is 5.56 Å². The number of ether oxygens (including phenoxy) is 1. The molecule has 1 aromatic carbocycles. The quantitative estimate of drug-likeness (QED) is 0.774. The normalized spacial score (nSPS) is 12.3. The van der Waals surface area contributed by atoms with Gasteiger partial charge in [0.15, 0.2) is 0 Å². The first-order chi connectivity index (χ1) is 8.19. The Kier molecular flexibility index (Phi) is 3.85. The van der Waals surface area contributed by atoms with Crippen molar-refractivity contribution in [1.82, 2.24) is 0 Å². The van der Waals surface area contributed by atoms with Crippen LogP contribution in [0.4, 0.5) is 17.6 Å². The Morgan fingerprint density at radius 3 is 2.06 bits per heavy atom. The predicted molar refractivity (Wildman–Crippen MR) is 56.7 cm³/mol. The molecule has 0 atom stereocenters. The highest BCUT2D eigenvalue weighted by Gasteiger charge is 2.43. The molecule has 0 N–H and O–H groups in total. The van der Waals surface area contributed by atoms with Crippen LogP contribution in [-0.4, -0.2) is 12.5 Å². The van der Waals surface area contributed by atoms with E-state index < -0.39 is 17.9 Å². The monoisotopic (exact) mass is 261 g/mol. The van der Waals surface area contributed by atoms with Gasteiger partial charge in [0.2, 0.25) is 0 Å². The van der Waals surface area contributed by atoms with Gasteiger partial charge in [-0.2, -0.15) is 22.8 Å². The third kappa shape index (κ3) is 3.13. The smallest absolute Gasteiger partial charge is 0.428 e. The highest BCUT2D eigenvalue weighted by Crippen LogP contribution is 2.29. The van der Waals surface area contributed by atoms with E-state index in [2.05, 4.69) is 4.74 Å². The second-order valence-electron chi connectivity index (χ2n) is 4.23. The molecule has 0 saturated carbocycles. The Labute approximate surface area is 102 Å². The molecule has 0 amide bonds. The van der Waals surface area contributed by atoms with Crippen LogP contribution >= 0.6 is 0 Å². The van der Waals surface area contributed by atoms with Crippen molar-refractivity contribution in [2.45, 2.75) is 31.8 Å². The minimum atomic E-state index is -4.52. The summed E-state index contributed by atoms with van der Waals surface area (Å²) in [5.41, 5.74) is -0.207. The molecular formula is C12H11F4NO. The first-order valence-electron chi connectivity index (χ1n) is 5.06. The Morgan fingerprint density at radius 1 is 1.17 bits per heavy atom. The third-order valence-corrected chi connectivity index (χ3v) is 2.36. The van der Waals surface area contributed by atoms with Gasteiger partial charge in [-0.15, -0.1) is 0 Å². The molecule has 18 heavy (non-hydrogen) atoms. The number of nitrogens with zero attached hydrogens (tertiary/aromatic N) is 1. The van der Waals surface area contributed by atoms with Crippen molar-refractivity contribution >= 4 is 0 Å². The first kappa shape index (κ1) is 14.3. The van der Waals surface area contributed by atoms with Crippen LogP contribution in [-0.2, 0) is 5.41 Å². The lowest BCUT2D eigenvalue weighted by atomic mass is 9.86. The molecule has 0 spiro atoms. The van der Waals surface area contributed by atoms with Gasteiger partial charge in [-0.05, 0) is 31.5 Å². The highest BCUT2D eigenvalue weighted by atomic mass is 19.3. The minimum absolute atomic E-state index is 0.377. The highest BCUT2D eigenvalue weighted by molar-refractivity contribution is 5.35. The molecule has 2 nitrogen and oxygen atoms in total. The zero-order valence-corrected chi connectivity index (χ0v) is 9.75. The number of hydrogen-bond donors (Lipinski definition) is 0. The van der Waals surface area contributed by atoms with Crippen LogP contribution in [0.2, 0.25) is 0 Å². The zero-order chi connectivity index (χ0) is 14.0. The molecule has 1 rings (SSSR count). The molecule has 98 valence electrons. The standard InChI is InChI=1S/C12H11F4NO/c1-11(2,7-17)8-3-5-9(6-4-8)18-12(15,16)10(13)14/h3-6,10H,1-2H3. The van der Waals surface area contributed by atoms with Gasteiger partial charge in [0, 0.05) is 0 Å². The molecule has 0 bridgehead atoms. The van der Waals surface area contributed by atoms with Gasteiger partial charge in [-0.3, -0.25) is 0 Å². The van der Waals surface area contributed by atoms with Gasteiger partial charge in [0.1, 0.15) is 5.75 Å². The van der Waals surface area contributed by atoms with Crippen molar-refractivity contribution in [3.05, 3.63) is 29.8 Å². The van der Waals surface area contributed by atoms with Crippen LogP contribution in [0, 0.1) is 11.3 Å². The minimum Gasteiger partial charge on any atom is -0.428 e. The van der Waals surface area contributed by atoms with E-state index in [0.717, 1.165) is 12.1 Å². The zero-order valence-electron chi connectivity index (χ0n) is 9.75. The Balaban J connectivity index is 2.89. The Bertz CT molecular complexity index is 448. The summed E-state index contributed by atoms with van der Waals surface area (Å²) in [5.74, 6) is -0.377. The third-order valence-electron chi connectivity index (χ3n) is 2.36. The van der Waals surface area contributed by atoms with Crippen LogP contribution < -0.4 is 4.74 Å². The van der Waals surface area contributed by atoms with E-state index in [1.54, 1.807) is 13.8 Å². The molecule has 0 aliphatic rings. The average Bonchev–Trinajstić information content (AvgIpc) is 2.29. The Hall–Kier alpha value is -1.77. The van der Waals surface area contributed by atoms with E-state index in [4.69, 9.17) is 5.26 Å². The fourth-order valence-electron chi connectivity index (χ4n) is 1.21. The maximum absolute atomic E-state index is 12.6. The maximum atomic E-state index is 12.6. The van der Waals surface area contributed by atoms with Crippen molar-refractivity contribution in [2.75, 3.05) is 0 Å². The molecule has 1 aromatic rings. The second-order valence-corrected chi connectivity index (χ2v) is 4.23. The van der Waals surface area contributed by atoms with Crippen LogP contribution in [0.25, 0.3) is 0 Å². The SMILES string of the molecule is CC(C)(C#N)c1ccc(OC(F)(F)C(F)F)cc1. The maximum Gasteiger partial charge on any atom is 0.461 e. The van der Waals surface area contributed by atoms with Crippen LogP contribution in [0.3, 0.4) is 0 Å². The molecular weight excluding hydrogens is 250 g/mol. The number of hydrogen-bond acceptors (Lipinski definition) is 2. The molecule has 0 aromatic heterocycles. The lowest BCUT2D eigenvalue weighted by Gasteiger charge is -2.19. The summed E-state index contributed by atoms with van der Waals surface area (Å²) >= 11 is 0.